The minimum atomic E-state index is -3.09. The van der Waals surface area contributed by atoms with Gasteiger partial charge in [-0.25, -0.2) is 8.42 Å². The fourth-order valence-electron chi connectivity index (χ4n) is 0.889. The number of sulfone groups is 1. The molecule has 0 aliphatic heterocycles. The van der Waals surface area contributed by atoms with E-state index >= 15 is 0 Å². The predicted molar refractivity (Wildman–Crippen MR) is 58.7 cm³/mol. The highest BCUT2D eigenvalue weighted by molar-refractivity contribution is 7.92. The zero-order valence-electron chi connectivity index (χ0n) is 9.60. The van der Waals surface area contributed by atoms with Crippen LogP contribution in [0.25, 0.3) is 0 Å². The number of hydrogen-bond donors (Lipinski definition) is 1. The van der Waals surface area contributed by atoms with Gasteiger partial charge in [-0.2, -0.15) is 0 Å². The van der Waals surface area contributed by atoms with Crippen LogP contribution >= 0.6 is 0 Å². The Bertz CT molecular complexity index is 310. The molecule has 0 aromatic carbocycles. The summed E-state index contributed by atoms with van der Waals surface area (Å²) in [4.78, 5) is 12.1. The lowest BCUT2D eigenvalue weighted by Gasteiger charge is -2.21. The molecule has 1 unspecified atom stereocenters. The quantitative estimate of drug-likeness (QED) is 0.715. The van der Waals surface area contributed by atoms with Gasteiger partial charge in [0.25, 0.3) is 0 Å². The fraction of sp³-hybridized carbons (Fsp3) is 0.889. The Balaban J connectivity index is 4.24. The molecule has 1 N–H and O–H groups in total. The van der Waals surface area contributed by atoms with Crippen LogP contribution in [-0.4, -0.2) is 55.0 Å². The molecule has 15 heavy (non-hydrogen) atoms. The van der Waals surface area contributed by atoms with Gasteiger partial charge in [0.05, 0.1) is 11.0 Å². The molecule has 1 atom stereocenters. The normalized spacial score (nSPS) is 14.5. The van der Waals surface area contributed by atoms with E-state index < -0.39 is 27.1 Å². The Hall–Kier alpha value is -0.620. The zero-order valence-corrected chi connectivity index (χ0v) is 10.4. The summed E-state index contributed by atoms with van der Waals surface area (Å²) in [6.07, 6.45) is 0. The van der Waals surface area contributed by atoms with E-state index in [0.29, 0.717) is 0 Å². The number of likely N-dealkylation sites (N-methyl/N-ethyl adjacent to an activating group) is 1. The van der Waals surface area contributed by atoms with Crippen LogP contribution in [0.4, 0.5) is 0 Å². The Kier molecular flexibility index (Phi) is 5.23. The highest BCUT2D eigenvalue weighted by atomic mass is 32.2. The molecule has 0 aliphatic carbocycles. The standard InChI is InChI=1S/C9H19NO4S/c1-7(2)15(13,14)6-5-10(4)8(3)9(11)12/h7-8H,5-6H2,1-4H3,(H,11,12). The van der Waals surface area contributed by atoms with Gasteiger partial charge in [-0.05, 0) is 27.8 Å². The van der Waals surface area contributed by atoms with Gasteiger partial charge >= 0.3 is 5.97 Å². The first-order valence-electron chi connectivity index (χ1n) is 4.83. The average molecular weight is 237 g/mol. The van der Waals surface area contributed by atoms with Crippen molar-refractivity contribution in [3.63, 3.8) is 0 Å². The third-order valence-electron chi connectivity index (χ3n) is 2.47. The number of carbonyl (C=O) groups is 1. The molecule has 0 amide bonds. The Morgan fingerprint density at radius 3 is 2.13 bits per heavy atom. The smallest absolute Gasteiger partial charge is 0.320 e. The van der Waals surface area contributed by atoms with E-state index in [-0.39, 0.29) is 12.3 Å². The third kappa shape index (κ3) is 4.61. The molecule has 0 saturated carbocycles. The van der Waals surface area contributed by atoms with Crippen molar-refractivity contribution in [2.24, 2.45) is 0 Å². The monoisotopic (exact) mass is 237 g/mol. The highest BCUT2D eigenvalue weighted by Gasteiger charge is 2.21. The highest BCUT2D eigenvalue weighted by Crippen LogP contribution is 2.03. The van der Waals surface area contributed by atoms with Gasteiger partial charge in [0, 0.05) is 6.54 Å². The summed E-state index contributed by atoms with van der Waals surface area (Å²) >= 11 is 0. The lowest BCUT2D eigenvalue weighted by Crippen LogP contribution is -2.39. The van der Waals surface area contributed by atoms with Gasteiger partial charge in [-0.1, -0.05) is 0 Å². The minimum Gasteiger partial charge on any atom is -0.480 e. The van der Waals surface area contributed by atoms with Crippen molar-refractivity contribution in [2.75, 3.05) is 19.3 Å². The van der Waals surface area contributed by atoms with Gasteiger partial charge in [0.1, 0.15) is 6.04 Å². The predicted octanol–water partition coefficient (Wildman–Crippen LogP) is 0.215. The minimum absolute atomic E-state index is 0.00120. The maximum Gasteiger partial charge on any atom is 0.320 e. The number of nitrogens with zero attached hydrogens (tertiary/aromatic N) is 1. The molecule has 0 saturated heterocycles. The van der Waals surface area contributed by atoms with E-state index in [4.69, 9.17) is 5.11 Å². The van der Waals surface area contributed by atoms with Crippen LogP contribution in [-0.2, 0) is 14.6 Å². The number of aliphatic carboxylic acids is 1. The van der Waals surface area contributed by atoms with Crippen LogP contribution in [0.2, 0.25) is 0 Å². The second kappa shape index (κ2) is 5.46. The molecule has 0 radical (unpaired) electrons. The zero-order chi connectivity index (χ0) is 12.2. The fourth-order valence-corrected chi connectivity index (χ4v) is 1.90. The van der Waals surface area contributed by atoms with E-state index in [1.165, 1.54) is 11.8 Å². The Morgan fingerprint density at radius 1 is 1.33 bits per heavy atom. The first kappa shape index (κ1) is 14.4. The molecule has 5 nitrogen and oxygen atoms in total. The summed E-state index contributed by atoms with van der Waals surface area (Å²) in [5.41, 5.74) is 0. The number of carboxylic acid groups (broad SMARTS) is 1. The summed E-state index contributed by atoms with van der Waals surface area (Å²) in [6.45, 7) is 5.02. The summed E-state index contributed by atoms with van der Waals surface area (Å²) in [5.74, 6) is -0.946. The second-order valence-electron chi connectivity index (χ2n) is 3.91. The van der Waals surface area contributed by atoms with Gasteiger partial charge in [0.2, 0.25) is 0 Å². The molecule has 0 aromatic rings. The van der Waals surface area contributed by atoms with Crippen molar-refractivity contribution >= 4 is 15.8 Å². The number of rotatable bonds is 6. The van der Waals surface area contributed by atoms with Crippen molar-refractivity contribution < 1.29 is 18.3 Å². The van der Waals surface area contributed by atoms with E-state index in [2.05, 4.69) is 0 Å². The molecule has 0 rings (SSSR count). The molecule has 90 valence electrons. The van der Waals surface area contributed by atoms with Gasteiger partial charge < -0.3 is 5.11 Å². The van der Waals surface area contributed by atoms with Crippen LogP contribution in [0.3, 0.4) is 0 Å². The molecular formula is C9H19NO4S. The van der Waals surface area contributed by atoms with Crippen LogP contribution in [0.5, 0.6) is 0 Å². The van der Waals surface area contributed by atoms with Crippen molar-refractivity contribution in [2.45, 2.75) is 32.1 Å². The number of carboxylic acids is 1. The van der Waals surface area contributed by atoms with Crippen molar-refractivity contribution in [3.05, 3.63) is 0 Å². The van der Waals surface area contributed by atoms with Crippen LogP contribution < -0.4 is 0 Å². The lowest BCUT2D eigenvalue weighted by molar-refractivity contribution is -0.142. The van der Waals surface area contributed by atoms with Crippen molar-refractivity contribution in [1.29, 1.82) is 0 Å². The second-order valence-corrected chi connectivity index (χ2v) is 6.59. The first-order valence-corrected chi connectivity index (χ1v) is 6.54. The van der Waals surface area contributed by atoms with Gasteiger partial charge in [-0.3, -0.25) is 9.69 Å². The Morgan fingerprint density at radius 2 is 1.80 bits per heavy atom. The summed E-state index contributed by atoms with van der Waals surface area (Å²) in [7, 11) is -1.48. The molecule has 0 heterocycles. The third-order valence-corrected chi connectivity index (χ3v) is 4.65. The Labute approximate surface area is 91.0 Å². The SMILES string of the molecule is CC(C(=O)O)N(C)CCS(=O)(=O)C(C)C. The van der Waals surface area contributed by atoms with Gasteiger partial charge in [-0.15, -0.1) is 0 Å². The summed E-state index contributed by atoms with van der Waals surface area (Å²) in [5, 5.41) is 8.29. The lowest BCUT2D eigenvalue weighted by atomic mass is 10.3. The van der Waals surface area contributed by atoms with Crippen LogP contribution in [0.15, 0.2) is 0 Å². The molecule has 0 aliphatic rings. The molecule has 0 spiro atoms. The van der Waals surface area contributed by atoms with Crippen LogP contribution in [0.1, 0.15) is 20.8 Å². The summed E-state index contributed by atoms with van der Waals surface area (Å²) in [6, 6.07) is -0.660. The van der Waals surface area contributed by atoms with E-state index in [1.54, 1.807) is 20.9 Å². The topological polar surface area (TPSA) is 74.7 Å². The molecule has 6 heteroatoms. The molecular weight excluding hydrogens is 218 g/mol. The largest absolute Gasteiger partial charge is 0.480 e. The van der Waals surface area contributed by atoms with Crippen LogP contribution in [0, 0.1) is 0 Å². The van der Waals surface area contributed by atoms with Crippen molar-refractivity contribution in [3.8, 4) is 0 Å². The number of hydrogen-bond acceptors (Lipinski definition) is 4. The van der Waals surface area contributed by atoms with E-state index in [1.807, 2.05) is 0 Å². The van der Waals surface area contributed by atoms with Gasteiger partial charge in [0.15, 0.2) is 9.84 Å². The van der Waals surface area contributed by atoms with E-state index in [0.717, 1.165) is 0 Å². The molecule has 0 fully saturated rings. The first-order chi connectivity index (χ1) is 6.68. The van der Waals surface area contributed by atoms with Crippen molar-refractivity contribution in [1.82, 2.24) is 4.90 Å². The van der Waals surface area contributed by atoms with E-state index in [9.17, 15) is 13.2 Å². The summed E-state index contributed by atoms with van der Waals surface area (Å²) < 4.78 is 22.9. The average Bonchev–Trinajstić information content (AvgIpc) is 2.12. The molecule has 0 bridgehead atoms. The maximum absolute atomic E-state index is 11.5. The molecule has 0 aromatic heterocycles. The maximum atomic E-state index is 11.5.